The highest BCUT2D eigenvalue weighted by atomic mass is 32.2. The summed E-state index contributed by atoms with van der Waals surface area (Å²) >= 11 is 1.55. The lowest BCUT2D eigenvalue weighted by atomic mass is 10.2. The Hall–Kier alpha value is -1.16. The molecule has 1 heterocycles. The van der Waals surface area contributed by atoms with Crippen molar-refractivity contribution >= 4 is 23.7 Å². The van der Waals surface area contributed by atoms with Crippen LogP contribution in [0, 0.1) is 6.92 Å². The van der Waals surface area contributed by atoms with Crippen molar-refractivity contribution in [2.45, 2.75) is 31.8 Å². The number of ether oxygens (including phenoxy) is 1. The van der Waals surface area contributed by atoms with Crippen LogP contribution in [0.15, 0.2) is 28.1 Å². The Bertz CT molecular complexity index is 402. The van der Waals surface area contributed by atoms with E-state index in [0.717, 1.165) is 10.6 Å². The molecule has 1 N–H and O–H groups in total. The second kappa shape index (κ2) is 4.14. The minimum absolute atomic E-state index is 0.142. The van der Waals surface area contributed by atoms with Gasteiger partial charge in [0.1, 0.15) is 0 Å². The summed E-state index contributed by atoms with van der Waals surface area (Å²) in [6, 6.07) is 6.78. The van der Waals surface area contributed by atoms with Gasteiger partial charge in [-0.3, -0.25) is 4.72 Å². The van der Waals surface area contributed by atoms with E-state index in [4.69, 9.17) is 4.74 Å². The number of nitrogens with one attached hydrogen (secondary N) is 1. The fourth-order valence-corrected chi connectivity index (χ4v) is 2.05. The maximum Gasteiger partial charge on any atom is 0.300 e. The number of hydrogen-bond donors (Lipinski definition) is 1. The molecule has 3 nitrogen and oxygen atoms in total. The lowest BCUT2D eigenvalue weighted by Crippen LogP contribution is -2.24. The monoisotopic (exact) mass is 222 g/mol. The highest BCUT2D eigenvalue weighted by molar-refractivity contribution is 7.98. The molecular weight excluding hydrogens is 208 g/mol. The van der Waals surface area contributed by atoms with Gasteiger partial charge in [-0.15, -0.1) is 0 Å². The molecular formula is C11H14N2OS. The van der Waals surface area contributed by atoms with E-state index in [0.29, 0.717) is 6.02 Å². The zero-order valence-electron chi connectivity index (χ0n) is 9.07. The van der Waals surface area contributed by atoms with Crippen LogP contribution in [-0.4, -0.2) is 12.1 Å². The lowest BCUT2D eigenvalue weighted by Gasteiger charge is -2.18. The first-order valence-electron chi connectivity index (χ1n) is 4.94. The third-order valence-electron chi connectivity index (χ3n) is 1.93. The molecule has 0 amide bonds. The first-order valence-corrected chi connectivity index (χ1v) is 5.75. The van der Waals surface area contributed by atoms with Crippen molar-refractivity contribution in [1.82, 2.24) is 4.72 Å². The van der Waals surface area contributed by atoms with Crippen LogP contribution < -0.4 is 4.72 Å². The van der Waals surface area contributed by atoms with Crippen LogP contribution >= 0.6 is 11.9 Å². The molecule has 0 unspecified atom stereocenters. The third-order valence-corrected chi connectivity index (χ3v) is 2.76. The topological polar surface area (TPSA) is 33.6 Å². The molecule has 80 valence electrons. The third kappa shape index (κ3) is 2.45. The van der Waals surface area contributed by atoms with Gasteiger partial charge < -0.3 is 4.74 Å². The summed E-state index contributed by atoms with van der Waals surface area (Å²) in [7, 11) is 0. The van der Waals surface area contributed by atoms with E-state index in [-0.39, 0.29) is 6.10 Å². The largest absolute Gasteiger partial charge is 0.462 e. The predicted octanol–water partition coefficient (Wildman–Crippen LogP) is 3.02. The summed E-state index contributed by atoms with van der Waals surface area (Å²) in [5.41, 5.74) is 2.21. The van der Waals surface area contributed by atoms with Gasteiger partial charge in [-0.1, -0.05) is 6.07 Å². The maximum atomic E-state index is 5.50. The Morgan fingerprint density at radius 1 is 1.40 bits per heavy atom. The Morgan fingerprint density at radius 2 is 2.20 bits per heavy atom. The van der Waals surface area contributed by atoms with E-state index in [2.05, 4.69) is 28.8 Å². The van der Waals surface area contributed by atoms with Gasteiger partial charge in [0.2, 0.25) is 0 Å². The fraction of sp³-hybridized carbons (Fsp3) is 0.364. The highest BCUT2D eigenvalue weighted by Gasteiger charge is 2.13. The second-order valence-corrected chi connectivity index (χ2v) is 4.61. The molecule has 0 saturated carbocycles. The van der Waals surface area contributed by atoms with Crippen LogP contribution in [0.25, 0.3) is 0 Å². The number of nitrogens with zero attached hydrogens (tertiary/aromatic N) is 1. The maximum absolute atomic E-state index is 5.50. The van der Waals surface area contributed by atoms with Gasteiger partial charge in [0.25, 0.3) is 0 Å². The summed E-state index contributed by atoms with van der Waals surface area (Å²) in [5, 5.41) is 0. The van der Waals surface area contributed by atoms with E-state index < -0.39 is 0 Å². The van der Waals surface area contributed by atoms with Crippen LogP contribution in [-0.2, 0) is 4.74 Å². The molecule has 0 radical (unpaired) electrons. The number of hydrogen-bond acceptors (Lipinski definition) is 4. The molecule has 0 aliphatic carbocycles. The van der Waals surface area contributed by atoms with Gasteiger partial charge in [0.15, 0.2) is 0 Å². The Labute approximate surface area is 94.1 Å². The molecule has 0 spiro atoms. The molecule has 1 aliphatic rings. The van der Waals surface area contributed by atoms with Gasteiger partial charge >= 0.3 is 6.02 Å². The number of fused-ring (bicyclic) bond motifs is 1. The van der Waals surface area contributed by atoms with Crippen LogP contribution in [0.5, 0.6) is 0 Å². The molecule has 15 heavy (non-hydrogen) atoms. The number of amidine groups is 1. The van der Waals surface area contributed by atoms with Crippen molar-refractivity contribution in [2.75, 3.05) is 0 Å². The molecule has 1 aromatic carbocycles. The smallest absolute Gasteiger partial charge is 0.300 e. The summed E-state index contributed by atoms with van der Waals surface area (Å²) in [6.45, 7) is 6.05. The normalized spacial score (nSPS) is 14.3. The highest BCUT2D eigenvalue weighted by Crippen LogP contribution is 2.32. The Kier molecular flexibility index (Phi) is 2.86. The minimum Gasteiger partial charge on any atom is -0.462 e. The Morgan fingerprint density at radius 3 is 2.93 bits per heavy atom. The van der Waals surface area contributed by atoms with Crippen molar-refractivity contribution in [1.29, 1.82) is 0 Å². The van der Waals surface area contributed by atoms with E-state index in [1.54, 1.807) is 11.9 Å². The lowest BCUT2D eigenvalue weighted by molar-refractivity contribution is 0.222. The number of rotatable bonds is 1. The Balaban J connectivity index is 2.25. The van der Waals surface area contributed by atoms with E-state index in [9.17, 15) is 0 Å². The summed E-state index contributed by atoms with van der Waals surface area (Å²) in [6.07, 6.45) is 0.142. The average molecular weight is 222 g/mol. The molecule has 1 aromatic rings. The zero-order valence-corrected chi connectivity index (χ0v) is 9.89. The first kappa shape index (κ1) is 10.4. The van der Waals surface area contributed by atoms with E-state index in [1.807, 2.05) is 19.9 Å². The standard InChI is InChI=1S/C11H14N2OS/c1-7(2)14-11-12-9-5-4-8(3)6-10(9)15-13-11/h4-7H,1-3H3,(H,12,13). The number of aliphatic imine (C=N–C) groups is 1. The van der Waals surface area contributed by atoms with Crippen molar-refractivity contribution in [2.24, 2.45) is 4.99 Å². The van der Waals surface area contributed by atoms with Crippen LogP contribution in [0.2, 0.25) is 0 Å². The molecule has 4 heteroatoms. The number of aryl methyl sites for hydroxylation is 1. The molecule has 0 aromatic heterocycles. The predicted molar refractivity (Wildman–Crippen MR) is 63.5 cm³/mol. The van der Waals surface area contributed by atoms with Gasteiger partial charge in [-0.25, -0.2) is 0 Å². The minimum atomic E-state index is 0.142. The van der Waals surface area contributed by atoms with Crippen molar-refractivity contribution in [3.05, 3.63) is 23.8 Å². The molecule has 0 saturated heterocycles. The van der Waals surface area contributed by atoms with Crippen molar-refractivity contribution in [3.63, 3.8) is 0 Å². The number of benzene rings is 1. The van der Waals surface area contributed by atoms with Crippen LogP contribution in [0.3, 0.4) is 0 Å². The fourth-order valence-electron chi connectivity index (χ4n) is 1.30. The van der Waals surface area contributed by atoms with Crippen molar-refractivity contribution < 1.29 is 4.74 Å². The quantitative estimate of drug-likeness (QED) is 0.741. The average Bonchev–Trinajstić information content (AvgIpc) is 2.17. The van der Waals surface area contributed by atoms with E-state index >= 15 is 0 Å². The van der Waals surface area contributed by atoms with E-state index in [1.165, 1.54) is 5.56 Å². The summed E-state index contributed by atoms with van der Waals surface area (Å²) in [4.78, 5) is 5.53. The van der Waals surface area contributed by atoms with Gasteiger partial charge in [-0.2, -0.15) is 4.99 Å². The van der Waals surface area contributed by atoms with Gasteiger partial charge in [-0.05, 0) is 50.4 Å². The molecule has 0 bridgehead atoms. The SMILES string of the molecule is Cc1ccc2c(c1)SNC(OC(C)C)=N2. The van der Waals surface area contributed by atoms with Gasteiger partial charge in [0.05, 0.1) is 16.7 Å². The summed E-state index contributed by atoms with van der Waals surface area (Å²) in [5.74, 6) is 0. The molecule has 1 aliphatic heterocycles. The molecule has 0 fully saturated rings. The van der Waals surface area contributed by atoms with Gasteiger partial charge in [0, 0.05) is 0 Å². The second-order valence-electron chi connectivity index (χ2n) is 3.76. The molecule has 0 atom stereocenters. The summed E-state index contributed by atoms with van der Waals surface area (Å²) < 4.78 is 8.57. The zero-order chi connectivity index (χ0) is 10.8. The van der Waals surface area contributed by atoms with Crippen LogP contribution in [0.4, 0.5) is 5.69 Å². The molecule has 2 rings (SSSR count). The van der Waals surface area contributed by atoms with Crippen LogP contribution in [0.1, 0.15) is 19.4 Å². The first-order chi connectivity index (χ1) is 7.15. The van der Waals surface area contributed by atoms with Crippen molar-refractivity contribution in [3.8, 4) is 0 Å².